The van der Waals surface area contributed by atoms with Crippen molar-refractivity contribution in [1.82, 2.24) is 4.98 Å². The van der Waals surface area contributed by atoms with Crippen LogP contribution < -0.4 is 5.32 Å². The number of hydrogen-bond donors (Lipinski definition) is 2. The van der Waals surface area contributed by atoms with E-state index in [4.69, 9.17) is 5.11 Å². The molecule has 0 atom stereocenters. The number of aryl methyl sites for hydroxylation is 1. The highest BCUT2D eigenvalue weighted by Gasteiger charge is 1.98. The van der Waals surface area contributed by atoms with E-state index in [1.807, 2.05) is 43.5 Å². The molecule has 0 saturated carbocycles. The lowest BCUT2D eigenvalue weighted by atomic mass is 10.1. The largest absolute Gasteiger partial charge is 0.392 e. The van der Waals surface area contributed by atoms with Gasteiger partial charge in [0.05, 0.1) is 6.61 Å². The molecule has 0 aliphatic heterocycles. The Morgan fingerprint density at radius 1 is 1.24 bits per heavy atom. The van der Waals surface area contributed by atoms with Crippen molar-refractivity contribution >= 4 is 5.69 Å². The summed E-state index contributed by atoms with van der Waals surface area (Å²) in [5.74, 6) is 0. The molecule has 3 heteroatoms. The number of aliphatic hydroxyl groups excluding tert-OH is 1. The normalized spacial score (nSPS) is 10.2. The molecule has 0 spiro atoms. The van der Waals surface area contributed by atoms with Crippen molar-refractivity contribution in [2.24, 2.45) is 0 Å². The van der Waals surface area contributed by atoms with Crippen LogP contribution in [0.15, 0.2) is 42.7 Å². The molecule has 0 saturated heterocycles. The quantitative estimate of drug-likeness (QED) is 0.845. The van der Waals surface area contributed by atoms with Gasteiger partial charge in [-0.15, -0.1) is 0 Å². The van der Waals surface area contributed by atoms with Crippen LogP contribution in [0.3, 0.4) is 0 Å². The number of benzene rings is 1. The second-order valence-corrected chi connectivity index (χ2v) is 4.02. The zero-order valence-electron chi connectivity index (χ0n) is 9.85. The summed E-state index contributed by atoms with van der Waals surface area (Å²) in [7, 11) is 0. The van der Waals surface area contributed by atoms with Crippen LogP contribution >= 0.6 is 0 Å². The summed E-state index contributed by atoms with van der Waals surface area (Å²) >= 11 is 0. The van der Waals surface area contributed by atoms with Gasteiger partial charge in [0.25, 0.3) is 0 Å². The van der Waals surface area contributed by atoms with E-state index >= 15 is 0 Å². The molecule has 0 radical (unpaired) electrons. The molecule has 2 N–H and O–H groups in total. The summed E-state index contributed by atoms with van der Waals surface area (Å²) < 4.78 is 0. The van der Waals surface area contributed by atoms with Crippen molar-refractivity contribution in [3.8, 4) is 0 Å². The number of nitrogens with one attached hydrogen (secondary N) is 1. The van der Waals surface area contributed by atoms with Gasteiger partial charge in [0, 0.05) is 24.6 Å². The van der Waals surface area contributed by atoms with E-state index in [-0.39, 0.29) is 6.61 Å². The Kier molecular flexibility index (Phi) is 3.73. The van der Waals surface area contributed by atoms with Crippen molar-refractivity contribution < 1.29 is 5.11 Å². The van der Waals surface area contributed by atoms with Crippen molar-refractivity contribution in [3.05, 3.63) is 59.4 Å². The third-order valence-electron chi connectivity index (χ3n) is 2.68. The van der Waals surface area contributed by atoms with E-state index in [0.29, 0.717) is 0 Å². The van der Waals surface area contributed by atoms with Gasteiger partial charge in [-0.1, -0.05) is 24.3 Å². The Morgan fingerprint density at radius 2 is 2.06 bits per heavy atom. The molecular weight excluding hydrogens is 212 g/mol. The minimum absolute atomic E-state index is 0.0854. The van der Waals surface area contributed by atoms with Crippen molar-refractivity contribution in [2.75, 3.05) is 5.32 Å². The molecule has 17 heavy (non-hydrogen) atoms. The first-order valence-electron chi connectivity index (χ1n) is 5.63. The van der Waals surface area contributed by atoms with Crippen molar-refractivity contribution in [3.63, 3.8) is 0 Å². The Labute approximate surface area is 101 Å². The molecule has 2 rings (SSSR count). The van der Waals surface area contributed by atoms with Crippen LogP contribution in [0.4, 0.5) is 5.69 Å². The summed E-state index contributed by atoms with van der Waals surface area (Å²) in [4.78, 5) is 4.05. The highest BCUT2D eigenvalue weighted by Crippen LogP contribution is 2.13. The maximum absolute atomic E-state index is 9.06. The van der Waals surface area contributed by atoms with Gasteiger partial charge >= 0.3 is 0 Å². The second-order valence-electron chi connectivity index (χ2n) is 4.02. The van der Waals surface area contributed by atoms with Crippen LogP contribution in [-0.2, 0) is 13.2 Å². The zero-order valence-corrected chi connectivity index (χ0v) is 9.85. The number of anilines is 1. The van der Waals surface area contributed by atoms with Crippen LogP contribution in [0.2, 0.25) is 0 Å². The summed E-state index contributed by atoms with van der Waals surface area (Å²) in [5, 5.41) is 12.4. The predicted molar refractivity (Wildman–Crippen MR) is 68.7 cm³/mol. The SMILES string of the molecule is Cc1cnccc1NCc1cccc(CO)c1. The van der Waals surface area contributed by atoms with Crippen LogP contribution in [0.25, 0.3) is 0 Å². The molecule has 0 fully saturated rings. The minimum Gasteiger partial charge on any atom is -0.392 e. The fourth-order valence-electron chi connectivity index (χ4n) is 1.71. The molecule has 1 heterocycles. The van der Waals surface area contributed by atoms with E-state index in [0.717, 1.165) is 28.9 Å². The standard InChI is InChI=1S/C14H16N2O/c1-11-8-15-6-5-14(11)16-9-12-3-2-4-13(7-12)10-17/h2-8,17H,9-10H2,1H3,(H,15,16). The maximum Gasteiger partial charge on any atom is 0.0681 e. The van der Waals surface area contributed by atoms with Crippen LogP contribution in [0, 0.1) is 6.92 Å². The smallest absolute Gasteiger partial charge is 0.0681 e. The number of aliphatic hydroxyl groups is 1. The summed E-state index contributed by atoms with van der Waals surface area (Å²) in [6.07, 6.45) is 3.62. The van der Waals surface area contributed by atoms with Gasteiger partial charge in [-0.2, -0.15) is 0 Å². The van der Waals surface area contributed by atoms with Gasteiger partial charge in [0.1, 0.15) is 0 Å². The van der Waals surface area contributed by atoms with Crippen molar-refractivity contribution in [1.29, 1.82) is 0 Å². The van der Waals surface area contributed by atoms with Crippen molar-refractivity contribution in [2.45, 2.75) is 20.1 Å². The van der Waals surface area contributed by atoms with Gasteiger partial charge in [-0.25, -0.2) is 0 Å². The molecule has 1 aromatic carbocycles. The van der Waals surface area contributed by atoms with E-state index < -0.39 is 0 Å². The first kappa shape index (κ1) is 11.6. The Morgan fingerprint density at radius 3 is 2.82 bits per heavy atom. The fraction of sp³-hybridized carbons (Fsp3) is 0.214. The molecule has 88 valence electrons. The molecule has 0 unspecified atom stereocenters. The van der Waals surface area contributed by atoms with E-state index in [1.54, 1.807) is 6.20 Å². The van der Waals surface area contributed by atoms with Gasteiger partial charge in [-0.3, -0.25) is 4.98 Å². The molecule has 0 amide bonds. The molecule has 2 aromatic rings. The number of aromatic nitrogens is 1. The van der Waals surface area contributed by atoms with Crippen LogP contribution in [0.1, 0.15) is 16.7 Å². The number of pyridine rings is 1. The Balaban J connectivity index is 2.05. The lowest BCUT2D eigenvalue weighted by Crippen LogP contribution is -2.01. The third kappa shape index (κ3) is 3.04. The van der Waals surface area contributed by atoms with Gasteiger partial charge in [-0.05, 0) is 29.7 Å². The van der Waals surface area contributed by atoms with Crippen LogP contribution in [0.5, 0.6) is 0 Å². The molecule has 3 nitrogen and oxygen atoms in total. The monoisotopic (exact) mass is 228 g/mol. The van der Waals surface area contributed by atoms with Gasteiger partial charge in [0.2, 0.25) is 0 Å². The van der Waals surface area contributed by atoms with E-state index in [9.17, 15) is 0 Å². The minimum atomic E-state index is 0.0854. The molecule has 1 aromatic heterocycles. The molecule has 0 aliphatic rings. The van der Waals surface area contributed by atoms with E-state index in [1.165, 1.54) is 0 Å². The zero-order chi connectivity index (χ0) is 12.1. The number of nitrogens with zero attached hydrogens (tertiary/aromatic N) is 1. The maximum atomic E-state index is 9.06. The van der Waals surface area contributed by atoms with Gasteiger partial charge in [0.15, 0.2) is 0 Å². The highest BCUT2D eigenvalue weighted by molar-refractivity contribution is 5.49. The lowest BCUT2D eigenvalue weighted by Gasteiger charge is -2.09. The third-order valence-corrected chi connectivity index (χ3v) is 2.68. The Hall–Kier alpha value is -1.87. The van der Waals surface area contributed by atoms with Gasteiger partial charge < -0.3 is 10.4 Å². The van der Waals surface area contributed by atoms with Crippen LogP contribution in [-0.4, -0.2) is 10.1 Å². The fourth-order valence-corrected chi connectivity index (χ4v) is 1.71. The average molecular weight is 228 g/mol. The highest BCUT2D eigenvalue weighted by atomic mass is 16.3. The molecule has 0 aliphatic carbocycles. The first-order valence-corrected chi connectivity index (χ1v) is 5.63. The topological polar surface area (TPSA) is 45.2 Å². The lowest BCUT2D eigenvalue weighted by molar-refractivity contribution is 0.281. The number of hydrogen-bond acceptors (Lipinski definition) is 3. The second kappa shape index (κ2) is 5.46. The van der Waals surface area contributed by atoms with E-state index in [2.05, 4.69) is 10.3 Å². The number of rotatable bonds is 4. The predicted octanol–water partition coefficient (Wildman–Crippen LogP) is 2.49. The summed E-state index contributed by atoms with van der Waals surface area (Å²) in [5.41, 5.74) is 4.32. The summed E-state index contributed by atoms with van der Waals surface area (Å²) in [6, 6.07) is 9.89. The molecule has 0 bridgehead atoms. The summed E-state index contributed by atoms with van der Waals surface area (Å²) in [6.45, 7) is 2.86. The average Bonchev–Trinajstić information content (AvgIpc) is 2.38. The Bertz CT molecular complexity index is 497. The first-order chi connectivity index (χ1) is 8.29. The molecular formula is C14H16N2O.